The summed E-state index contributed by atoms with van der Waals surface area (Å²) >= 11 is 0. The van der Waals surface area contributed by atoms with Crippen molar-refractivity contribution in [3.63, 3.8) is 0 Å². The van der Waals surface area contributed by atoms with Gasteiger partial charge in [-0.3, -0.25) is 0 Å². The van der Waals surface area contributed by atoms with E-state index in [0.717, 1.165) is 25.7 Å². The standard InChI is InChI=1S/C13H24O.C11H22O/c1-5-7-9-13(6-2,11-14)10-8-12(3)4;1-2-3-4-5-6-7-8-9-10-11-12/h7-9,14H,5-6,10-11H2,1-4H3;9-10,12H,2-8,11H2,1H3/b;10-9+. The van der Waals surface area contributed by atoms with Gasteiger partial charge in [-0.05, 0) is 46.0 Å². The van der Waals surface area contributed by atoms with Crippen LogP contribution in [0.2, 0.25) is 0 Å². The molecule has 0 saturated heterocycles. The number of aliphatic hydroxyl groups is 2. The quantitative estimate of drug-likeness (QED) is 0.257. The second kappa shape index (κ2) is 20.5. The summed E-state index contributed by atoms with van der Waals surface area (Å²) in [5.74, 6) is 0. The maximum absolute atomic E-state index is 9.44. The van der Waals surface area contributed by atoms with Gasteiger partial charge in [0, 0.05) is 5.41 Å². The minimum absolute atomic E-state index is 0.0344. The van der Waals surface area contributed by atoms with E-state index in [1.54, 1.807) is 0 Å². The van der Waals surface area contributed by atoms with Gasteiger partial charge in [0.15, 0.2) is 0 Å². The van der Waals surface area contributed by atoms with Gasteiger partial charge in [-0.2, -0.15) is 0 Å². The van der Waals surface area contributed by atoms with Crippen LogP contribution >= 0.6 is 0 Å². The molecule has 0 aromatic carbocycles. The molecule has 154 valence electrons. The van der Waals surface area contributed by atoms with E-state index in [9.17, 15) is 5.11 Å². The third kappa shape index (κ3) is 17.9. The van der Waals surface area contributed by atoms with Crippen LogP contribution in [0.25, 0.3) is 0 Å². The predicted molar refractivity (Wildman–Crippen MR) is 118 cm³/mol. The Hall–Kier alpha value is -0.860. The molecule has 0 aliphatic rings. The third-order valence-electron chi connectivity index (χ3n) is 4.64. The van der Waals surface area contributed by atoms with E-state index in [1.165, 1.54) is 44.1 Å². The molecule has 0 bridgehead atoms. The molecule has 1 atom stereocenters. The fourth-order valence-corrected chi connectivity index (χ4v) is 2.57. The fourth-order valence-electron chi connectivity index (χ4n) is 2.57. The number of hydrogen-bond acceptors (Lipinski definition) is 2. The van der Waals surface area contributed by atoms with Crippen LogP contribution in [-0.4, -0.2) is 23.4 Å². The number of aliphatic hydroxyl groups excluding tert-OH is 2. The molecule has 2 nitrogen and oxygen atoms in total. The van der Waals surface area contributed by atoms with Crippen molar-refractivity contribution in [2.24, 2.45) is 5.41 Å². The molecule has 0 fully saturated rings. The molecular formula is C24H46O2. The van der Waals surface area contributed by atoms with Gasteiger partial charge in [-0.1, -0.05) is 88.8 Å². The number of rotatable bonds is 14. The van der Waals surface area contributed by atoms with Crippen LogP contribution in [0.4, 0.5) is 0 Å². The first-order valence-electron chi connectivity index (χ1n) is 10.7. The van der Waals surface area contributed by atoms with Crippen LogP contribution in [0.3, 0.4) is 0 Å². The summed E-state index contributed by atoms with van der Waals surface area (Å²) in [6, 6.07) is 0. The highest BCUT2D eigenvalue weighted by atomic mass is 16.3. The van der Waals surface area contributed by atoms with Crippen molar-refractivity contribution in [1.29, 1.82) is 0 Å². The first-order valence-corrected chi connectivity index (χ1v) is 10.7. The highest BCUT2D eigenvalue weighted by molar-refractivity contribution is 5.05. The van der Waals surface area contributed by atoms with Crippen LogP contribution in [0.15, 0.2) is 36.0 Å². The zero-order valence-electron chi connectivity index (χ0n) is 18.3. The van der Waals surface area contributed by atoms with E-state index in [1.807, 2.05) is 6.08 Å². The molecule has 2 heteroatoms. The molecule has 0 rings (SSSR count). The summed E-state index contributed by atoms with van der Waals surface area (Å²) in [5.41, 5.74) is 1.29. The van der Waals surface area contributed by atoms with Crippen molar-refractivity contribution < 1.29 is 10.2 Å². The SMILES string of the molecule is CCC=CC(CC)(CO)CC=C(C)C.CCCCCCCC/C=C/CO. The molecule has 0 aromatic heterocycles. The molecule has 0 aliphatic carbocycles. The molecule has 0 aromatic rings. The van der Waals surface area contributed by atoms with Crippen molar-refractivity contribution in [3.05, 3.63) is 36.0 Å². The molecule has 0 spiro atoms. The van der Waals surface area contributed by atoms with Crippen molar-refractivity contribution in [2.45, 2.75) is 98.8 Å². The Balaban J connectivity index is 0. The normalized spacial score (nSPS) is 13.5. The van der Waals surface area contributed by atoms with Crippen LogP contribution in [0, 0.1) is 5.41 Å². The van der Waals surface area contributed by atoms with Crippen molar-refractivity contribution in [3.8, 4) is 0 Å². The van der Waals surface area contributed by atoms with Gasteiger partial charge in [0.2, 0.25) is 0 Å². The predicted octanol–water partition coefficient (Wildman–Crippen LogP) is 6.98. The number of allylic oxidation sites excluding steroid dienone is 4. The molecular weight excluding hydrogens is 320 g/mol. The van der Waals surface area contributed by atoms with Gasteiger partial charge < -0.3 is 10.2 Å². The fraction of sp³-hybridized carbons (Fsp3) is 0.750. The monoisotopic (exact) mass is 366 g/mol. The van der Waals surface area contributed by atoms with E-state index < -0.39 is 0 Å². The van der Waals surface area contributed by atoms with Gasteiger partial charge in [0.1, 0.15) is 0 Å². The zero-order chi connectivity index (χ0) is 20.1. The van der Waals surface area contributed by atoms with Gasteiger partial charge in [0.05, 0.1) is 13.2 Å². The number of hydrogen-bond donors (Lipinski definition) is 2. The largest absolute Gasteiger partial charge is 0.395 e. The highest BCUT2D eigenvalue weighted by Crippen LogP contribution is 2.29. The lowest BCUT2D eigenvalue weighted by atomic mass is 9.81. The van der Waals surface area contributed by atoms with Gasteiger partial charge >= 0.3 is 0 Å². The minimum atomic E-state index is -0.0344. The summed E-state index contributed by atoms with van der Waals surface area (Å²) in [6.07, 6.45) is 22.6. The summed E-state index contributed by atoms with van der Waals surface area (Å²) < 4.78 is 0. The van der Waals surface area contributed by atoms with Gasteiger partial charge in [0.25, 0.3) is 0 Å². The molecule has 0 amide bonds. The Bertz CT molecular complexity index is 358. The highest BCUT2D eigenvalue weighted by Gasteiger charge is 2.22. The third-order valence-corrected chi connectivity index (χ3v) is 4.64. The van der Waals surface area contributed by atoms with E-state index in [0.29, 0.717) is 0 Å². The molecule has 2 N–H and O–H groups in total. The summed E-state index contributed by atoms with van der Waals surface area (Å²) in [6.45, 7) is 11.1. The van der Waals surface area contributed by atoms with E-state index >= 15 is 0 Å². The van der Waals surface area contributed by atoms with Crippen molar-refractivity contribution in [1.82, 2.24) is 0 Å². The van der Waals surface area contributed by atoms with E-state index in [2.05, 4.69) is 58.9 Å². The Morgan fingerprint density at radius 2 is 1.50 bits per heavy atom. The maximum atomic E-state index is 9.44. The van der Waals surface area contributed by atoms with Crippen LogP contribution in [0.5, 0.6) is 0 Å². The van der Waals surface area contributed by atoms with Crippen LogP contribution in [0.1, 0.15) is 98.8 Å². The number of unbranched alkanes of at least 4 members (excludes halogenated alkanes) is 6. The average Bonchev–Trinajstić information content (AvgIpc) is 2.65. The smallest absolute Gasteiger partial charge is 0.0612 e. The lowest BCUT2D eigenvalue weighted by Crippen LogP contribution is -2.21. The summed E-state index contributed by atoms with van der Waals surface area (Å²) in [5, 5.41) is 17.9. The Morgan fingerprint density at radius 1 is 0.846 bits per heavy atom. The van der Waals surface area contributed by atoms with Crippen molar-refractivity contribution in [2.75, 3.05) is 13.2 Å². The summed E-state index contributed by atoms with van der Waals surface area (Å²) in [4.78, 5) is 0. The maximum Gasteiger partial charge on any atom is 0.0612 e. The van der Waals surface area contributed by atoms with Crippen molar-refractivity contribution >= 4 is 0 Å². The van der Waals surface area contributed by atoms with Gasteiger partial charge in [-0.15, -0.1) is 0 Å². The first kappa shape index (κ1) is 27.4. The Morgan fingerprint density at radius 3 is 2.00 bits per heavy atom. The molecule has 26 heavy (non-hydrogen) atoms. The zero-order valence-corrected chi connectivity index (χ0v) is 18.3. The second-order valence-electron chi connectivity index (χ2n) is 7.38. The molecule has 0 saturated carbocycles. The molecule has 0 radical (unpaired) electrons. The average molecular weight is 367 g/mol. The topological polar surface area (TPSA) is 40.5 Å². The lowest BCUT2D eigenvalue weighted by Gasteiger charge is -2.25. The molecule has 1 unspecified atom stereocenters. The second-order valence-corrected chi connectivity index (χ2v) is 7.38. The van der Waals surface area contributed by atoms with E-state index in [4.69, 9.17) is 5.11 Å². The van der Waals surface area contributed by atoms with E-state index in [-0.39, 0.29) is 18.6 Å². The first-order chi connectivity index (χ1) is 12.5. The minimum Gasteiger partial charge on any atom is -0.395 e. The Kier molecular flexibility index (Phi) is 21.5. The van der Waals surface area contributed by atoms with Crippen LogP contribution < -0.4 is 0 Å². The van der Waals surface area contributed by atoms with Gasteiger partial charge in [-0.25, -0.2) is 0 Å². The Labute approximate surface area is 164 Å². The molecule has 0 aliphatic heterocycles. The summed E-state index contributed by atoms with van der Waals surface area (Å²) in [7, 11) is 0. The van der Waals surface area contributed by atoms with Crippen LogP contribution in [-0.2, 0) is 0 Å². The molecule has 0 heterocycles. The lowest BCUT2D eigenvalue weighted by molar-refractivity contribution is 0.166.